The van der Waals surface area contributed by atoms with E-state index >= 15 is 0 Å². The molecule has 1 aromatic rings. The number of halogens is 1. The average Bonchev–Trinajstić information content (AvgIpc) is 2.65. The van der Waals surface area contributed by atoms with Gasteiger partial charge in [0, 0.05) is 37.6 Å². The van der Waals surface area contributed by atoms with Gasteiger partial charge in [0.05, 0.1) is 0 Å². The van der Waals surface area contributed by atoms with Crippen molar-refractivity contribution in [1.82, 2.24) is 0 Å². The number of ether oxygens (including phenoxy) is 5. The second kappa shape index (κ2) is 11.4. The Morgan fingerprint density at radius 1 is 0.839 bits per heavy atom. The van der Waals surface area contributed by atoms with Gasteiger partial charge in [-0.1, -0.05) is 23.4 Å². The van der Waals surface area contributed by atoms with Crippen LogP contribution in [0.5, 0.6) is 0 Å². The summed E-state index contributed by atoms with van der Waals surface area (Å²) in [6.07, 6.45) is -4.45. The molecule has 0 N–H and O–H groups in total. The molecule has 2 rings (SSSR count). The molecule has 170 valence electrons. The van der Waals surface area contributed by atoms with Crippen LogP contribution in [0.3, 0.4) is 0 Å². The summed E-state index contributed by atoms with van der Waals surface area (Å²) in [6, 6.07) is 6.83. The first-order chi connectivity index (χ1) is 14.6. The van der Waals surface area contributed by atoms with Crippen LogP contribution in [0.1, 0.15) is 27.7 Å². The molecule has 1 aliphatic heterocycles. The lowest BCUT2D eigenvalue weighted by atomic mass is 9.99. The number of thioether (sulfide) groups is 1. The van der Waals surface area contributed by atoms with Gasteiger partial charge >= 0.3 is 23.9 Å². The minimum atomic E-state index is -1.19. The minimum absolute atomic E-state index is 0.268. The zero-order chi connectivity index (χ0) is 23.1. The standard InChI is InChI=1S/C20H23ClO9S/c1-10(22)26-9-16-17(27-11(2)23)18(28-12(3)24)19(29-13(4)25)20(30-16)31-15-7-5-14(21)6-8-15/h5-8,16-20H,9H2,1-4H3/t16-,17-,18+,19+,20+/m0/s1. The third-order valence-corrected chi connectivity index (χ3v) is 5.42. The first-order valence-corrected chi connectivity index (χ1v) is 10.5. The molecule has 1 fully saturated rings. The molecule has 1 heterocycles. The van der Waals surface area contributed by atoms with Crippen LogP contribution in [0, 0.1) is 0 Å². The number of hydrogen-bond acceptors (Lipinski definition) is 10. The molecule has 0 aromatic heterocycles. The first-order valence-electron chi connectivity index (χ1n) is 9.29. The highest BCUT2D eigenvalue weighted by Gasteiger charge is 2.52. The monoisotopic (exact) mass is 474 g/mol. The van der Waals surface area contributed by atoms with Gasteiger partial charge in [0.15, 0.2) is 18.3 Å². The van der Waals surface area contributed by atoms with Crippen LogP contribution in [0.4, 0.5) is 0 Å². The van der Waals surface area contributed by atoms with Crippen LogP contribution in [-0.2, 0) is 42.9 Å². The van der Waals surface area contributed by atoms with Crippen molar-refractivity contribution in [1.29, 1.82) is 0 Å². The summed E-state index contributed by atoms with van der Waals surface area (Å²) in [5.74, 6) is -2.57. The molecule has 31 heavy (non-hydrogen) atoms. The third kappa shape index (κ3) is 7.71. The number of hydrogen-bond donors (Lipinski definition) is 0. The number of benzene rings is 1. The maximum Gasteiger partial charge on any atom is 0.303 e. The Morgan fingerprint density at radius 2 is 1.35 bits per heavy atom. The highest BCUT2D eigenvalue weighted by Crippen LogP contribution is 2.37. The van der Waals surface area contributed by atoms with Crippen molar-refractivity contribution in [3.63, 3.8) is 0 Å². The number of esters is 4. The largest absolute Gasteiger partial charge is 0.463 e. The molecule has 0 radical (unpaired) electrons. The molecule has 1 aliphatic rings. The molecule has 0 unspecified atom stereocenters. The lowest BCUT2D eigenvalue weighted by Crippen LogP contribution is -2.61. The van der Waals surface area contributed by atoms with E-state index in [2.05, 4.69) is 0 Å². The van der Waals surface area contributed by atoms with Crippen molar-refractivity contribution < 1.29 is 42.9 Å². The Kier molecular flexibility index (Phi) is 9.15. The molecule has 0 saturated carbocycles. The van der Waals surface area contributed by atoms with Crippen molar-refractivity contribution in [3.8, 4) is 0 Å². The van der Waals surface area contributed by atoms with E-state index in [1.54, 1.807) is 24.3 Å². The fraction of sp³-hybridized carbons (Fsp3) is 0.500. The van der Waals surface area contributed by atoms with Crippen molar-refractivity contribution in [2.24, 2.45) is 0 Å². The average molecular weight is 475 g/mol. The van der Waals surface area contributed by atoms with Crippen LogP contribution in [-0.4, -0.2) is 60.3 Å². The van der Waals surface area contributed by atoms with Gasteiger partial charge in [-0.3, -0.25) is 19.2 Å². The lowest BCUT2D eigenvalue weighted by molar-refractivity contribution is -0.237. The Morgan fingerprint density at radius 3 is 1.87 bits per heavy atom. The summed E-state index contributed by atoms with van der Waals surface area (Å²) >= 11 is 7.11. The van der Waals surface area contributed by atoms with E-state index in [4.69, 9.17) is 35.3 Å². The van der Waals surface area contributed by atoms with Gasteiger partial charge in [-0.25, -0.2) is 0 Å². The van der Waals surface area contributed by atoms with Crippen LogP contribution < -0.4 is 0 Å². The zero-order valence-corrected chi connectivity index (χ0v) is 18.9. The molecule has 0 aliphatic carbocycles. The molecule has 0 spiro atoms. The SMILES string of the molecule is CC(=O)OC[C@@H]1O[C@H](Sc2ccc(Cl)cc2)[C@H](OC(C)=O)[C@H](OC(C)=O)[C@H]1OC(C)=O. The third-order valence-electron chi connectivity index (χ3n) is 4.01. The summed E-state index contributed by atoms with van der Waals surface area (Å²) < 4.78 is 27.2. The number of carbonyl (C=O) groups excluding carboxylic acids is 4. The molecule has 0 bridgehead atoms. The van der Waals surface area contributed by atoms with Gasteiger partial charge in [0.2, 0.25) is 0 Å². The van der Waals surface area contributed by atoms with E-state index in [9.17, 15) is 19.2 Å². The maximum absolute atomic E-state index is 11.8. The zero-order valence-electron chi connectivity index (χ0n) is 17.4. The van der Waals surface area contributed by atoms with E-state index in [0.717, 1.165) is 4.90 Å². The molecule has 1 saturated heterocycles. The van der Waals surface area contributed by atoms with Gasteiger partial charge in [-0.15, -0.1) is 0 Å². The fourth-order valence-electron chi connectivity index (χ4n) is 2.93. The van der Waals surface area contributed by atoms with Crippen molar-refractivity contribution in [2.45, 2.75) is 62.4 Å². The van der Waals surface area contributed by atoms with Crippen LogP contribution in [0.2, 0.25) is 5.02 Å². The summed E-state index contributed by atoms with van der Waals surface area (Å²) in [4.78, 5) is 47.4. The molecule has 0 amide bonds. The molecule has 9 nitrogen and oxygen atoms in total. The first kappa shape index (κ1) is 25.0. The summed E-state index contributed by atoms with van der Waals surface area (Å²) in [5, 5.41) is 0.533. The summed E-state index contributed by atoms with van der Waals surface area (Å²) in [7, 11) is 0. The summed E-state index contributed by atoms with van der Waals surface area (Å²) in [5.41, 5.74) is -0.873. The van der Waals surface area contributed by atoms with Crippen molar-refractivity contribution >= 4 is 47.2 Å². The minimum Gasteiger partial charge on any atom is -0.463 e. The van der Waals surface area contributed by atoms with E-state index in [1.807, 2.05) is 0 Å². The Labute approximate surface area is 188 Å². The van der Waals surface area contributed by atoms with Gasteiger partial charge in [-0.2, -0.15) is 0 Å². The van der Waals surface area contributed by atoms with Gasteiger partial charge in [0.1, 0.15) is 18.1 Å². The second-order valence-corrected chi connectivity index (χ2v) is 8.25. The lowest BCUT2D eigenvalue weighted by Gasteiger charge is -2.44. The van der Waals surface area contributed by atoms with Crippen LogP contribution in [0.15, 0.2) is 29.2 Å². The van der Waals surface area contributed by atoms with Crippen LogP contribution >= 0.6 is 23.4 Å². The Hall–Kier alpha value is -2.30. The summed E-state index contributed by atoms with van der Waals surface area (Å²) in [6.45, 7) is 4.49. The molecule has 5 atom stereocenters. The second-order valence-electron chi connectivity index (χ2n) is 6.64. The van der Waals surface area contributed by atoms with Crippen molar-refractivity contribution in [2.75, 3.05) is 6.61 Å². The Bertz CT molecular complexity index is 813. The predicted octanol–water partition coefficient (Wildman–Crippen LogP) is 2.52. The smallest absolute Gasteiger partial charge is 0.303 e. The fourth-order valence-corrected chi connectivity index (χ4v) is 4.16. The topological polar surface area (TPSA) is 114 Å². The van der Waals surface area contributed by atoms with Crippen molar-refractivity contribution in [3.05, 3.63) is 29.3 Å². The quantitative estimate of drug-likeness (QED) is 0.431. The van der Waals surface area contributed by atoms with E-state index in [-0.39, 0.29) is 6.61 Å². The van der Waals surface area contributed by atoms with E-state index in [0.29, 0.717) is 5.02 Å². The normalized spacial score (nSPS) is 25.3. The van der Waals surface area contributed by atoms with Crippen LogP contribution in [0.25, 0.3) is 0 Å². The van der Waals surface area contributed by atoms with E-state index < -0.39 is 53.7 Å². The Balaban J connectivity index is 2.43. The maximum atomic E-state index is 11.8. The van der Waals surface area contributed by atoms with E-state index in [1.165, 1.54) is 39.5 Å². The number of rotatable bonds is 7. The predicted molar refractivity (Wildman–Crippen MR) is 109 cm³/mol. The molecule has 1 aromatic carbocycles. The number of carbonyl (C=O) groups is 4. The van der Waals surface area contributed by atoms with Gasteiger partial charge in [-0.05, 0) is 24.3 Å². The molecule has 11 heteroatoms. The highest BCUT2D eigenvalue weighted by atomic mass is 35.5. The van der Waals surface area contributed by atoms with Gasteiger partial charge < -0.3 is 23.7 Å². The highest BCUT2D eigenvalue weighted by molar-refractivity contribution is 7.99. The van der Waals surface area contributed by atoms with Gasteiger partial charge in [0.25, 0.3) is 0 Å². The molecular formula is C20H23ClO9S. The molecular weight excluding hydrogens is 452 g/mol.